The number of rotatable bonds is 3. The second-order valence-electron chi connectivity index (χ2n) is 6.06. The van der Waals surface area contributed by atoms with Gasteiger partial charge in [0, 0.05) is 18.3 Å². The molecule has 1 amide bonds. The van der Waals surface area contributed by atoms with E-state index in [0.717, 1.165) is 5.69 Å². The Hall–Kier alpha value is -1.76. The molecular formula is C14H20N4O2S. The van der Waals surface area contributed by atoms with E-state index in [1.54, 1.807) is 7.05 Å². The van der Waals surface area contributed by atoms with Crippen molar-refractivity contribution in [3.8, 4) is 0 Å². The number of nitrogens with zero attached hydrogens (tertiary/aromatic N) is 2. The summed E-state index contributed by atoms with van der Waals surface area (Å²) in [5, 5.41) is 3.42. The predicted molar refractivity (Wildman–Crippen MR) is 84.7 cm³/mol. The fraction of sp³-hybridized carbons (Fsp3) is 0.500. The second kappa shape index (κ2) is 5.55. The summed E-state index contributed by atoms with van der Waals surface area (Å²) in [5.74, 6) is 0.152. The quantitative estimate of drug-likeness (QED) is 0.666. The molecule has 6 nitrogen and oxygen atoms in total. The average molecular weight is 308 g/mol. The van der Waals surface area contributed by atoms with Crippen LogP contribution >= 0.6 is 11.8 Å². The van der Waals surface area contributed by atoms with Gasteiger partial charge < -0.3 is 10.3 Å². The van der Waals surface area contributed by atoms with Crippen LogP contribution in [0, 0.1) is 6.92 Å². The van der Waals surface area contributed by atoms with Crippen molar-refractivity contribution in [1.29, 1.82) is 0 Å². The molecule has 2 aromatic heterocycles. The van der Waals surface area contributed by atoms with Crippen LogP contribution in [0.3, 0.4) is 0 Å². The van der Waals surface area contributed by atoms with Crippen LogP contribution in [0.4, 0.5) is 0 Å². The third-order valence-electron chi connectivity index (χ3n) is 2.80. The molecule has 0 fully saturated rings. The first-order chi connectivity index (χ1) is 9.67. The number of aromatic amines is 1. The molecule has 0 unspecified atom stereocenters. The van der Waals surface area contributed by atoms with Gasteiger partial charge in [0.15, 0.2) is 5.16 Å². The van der Waals surface area contributed by atoms with Gasteiger partial charge in [0.05, 0.1) is 11.3 Å². The van der Waals surface area contributed by atoms with Crippen molar-refractivity contribution in [3.05, 3.63) is 22.1 Å². The lowest BCUT2D eigenvalue weighted by atomic mass is 10.1. The molecule has 0 saturated heterocycles. The molecule has 21 heavy (non-hydrogen) atoms. The standard InChI is InChI=1S/C14H20N4O2S/c1-8-6-9-11(15-8)12(20)18(5)13(16-9)21-7-10(19)17-14(2,3)4/h6,15H,7H2,1-5H3,(H,17,19). The number of carbonyl (C=O) groups is 1. The lowest BCUT2D eigenvalue weighted by Gasteiger charge is -2.20. The van der Waals surface area contributed by atoms with Crippen LogP contribution in [0.5, 0.6) is 0 Å². The van der Waals surface area contributed by atoms with E-state index >= 15 is 0 Å². The third-order valence-corrected chi connectivity index (χ3v) is 3.83. The van der Waals surface area contributed by atoms with Crippen molar-refractivity contribution >= 4 is 28.7 Å². The minimum atomic E-state index is -0.265. The van der Waals surface area contributed by atoms with Gasteiger partial charge in [-0.05, 0) is 33.8 Å². The smallest absolute Gasteiger partial charge is 0.278 e. The Balaban J connectivity index is 2.21. The minimum absolute atomic E-state index is 0.0768. The highest BCUT2D eigenvalue weighted by Crippen LogP contribution is 2.17. The first-order valence-corrected chi connectivity index (χ1v) is 7.66. The van der Waals surface area contributed by atoms with Crippen molar-refractivity contribution in [2.45, 2.75) is 38.4 Å². The zero-order chi connectivity index (χ0) is 15.8. The van der Waals surface area contributed by atoms with Crippen LogP contribution in [0.1, 0.15) is 26.5 Å². The van der Waals surface area contributed by atoms with E-state index in [0.29, 0.717) is 16.2 Å². The van der Waals surface area contributed by atoms with Gasteiger partial charge in [-0.25, -0.2) is 4.98 Å². The SMILES string of the molecule is Cc1cc2nc(SCC(=O)NC(C)(C)C)n(C)c(=O)c2[nH]1. The number of hydrogen-bond acceptors (Lipinski definition) is 4. The number of hydrogen-bond donors (Lipinski definition) is 2. The van der Waals surface area contributed by atoms with Crippen molar-refractivity contribution in [3.63, 3.8) is 0 Å². The fourth-order valence-corrected chi connectivity index (χ4v) is 2.74. The molecule has 114 valence electrons. The largest absolute Gasteiger partial charge is 0.353 e. The van der Waals surface area contributed by atoms with Gasteiger partial charge in [-0.3, -0.25) is 14.2 Å². The van der Waals surface area contributed by atoms with E-state index in [1.165, 1.54) is 16.3 Å². The summed E-state index contributed by atoms with van der Waals surface area (Å²) < 4.78 is 1.47. The molecule has 2 rings (SSSR count). The Morgan fingerprint density at radius 2 is 2.14 bits per heavy atom. The van der Waals surface area contributed by atoms with Gasteiger partial charge in [-0.1, -0.05) is 11.8 Å². The Morgan fingerprint density at radius 1 is 1.48 bits per heavy atom. The average Bonchev–Trinajstić information content (AvgIpc) is 2.71. The number of amides is 1. The summed E-state index contributed by atoms with van der Waals surface area (Å²) in [5.41, 5.74) is 1.63. The van der Waals surface area contributed by atoms with E-state index in [4.69, 9.17) is 0 Å². The monoisotopic (exact) mass is 308 g/mol. The third kappa shape index (κ3) is 3.66. The summed E-state index contributed by atoms with van der Waals surface area (Å²) in [6, 6.07) is 1.83. The number of thioether (sulfide) groups is 1. The van der Waals surface area contributed by atoms with Crippen LogP contribution in [0.25, 0.3) is 11.0 Å². The Morgan fingerprint density at radius 3 is 2.76 bits per heavy atom. The van der Waals surface area contributed by atoms with E-state index in [2.05, 4.69) is 15.3 Å². The first-order valence-electron chi connectivity index (χ1n) is 6.67. The summed E-state index contributed by atoms with van der Waals surface area (Å²) >= 11 is 1.26. The van der Waals surface area contributed by atoms with Gasteiger partial charge >= 0.3 is 0 Å². The molecular weight excluding hydrogens is 288 g/mol. The number of fused-ring (bicyclic) bond motifs is 1. The van der Waals surface area contributed by atoms with E-state index in [-0.39, 0.29) is 22.8 Å². The number of nitrogens with one attached hydrogen (secondary N) is 2. The fourth-order valence-electron chi connectivity index (χ4n) is 1.97. The van der Waals surface area contributed by atoms with Gasteiger partial charge in [0.1, 0.15) is 5.52 Å². The summed E-state index contributed by atoms with van der Waals surface area (Å²) in [6.07, 6.45) is 0. The lowest BCUT2D eigenvalue weighted by Crippen LogP contribution is -2.41. The molecule has 0 atom stereocenters. The van der Waals surface area contributed by atoms with Crippen LogP contribution in [-0.4, -0.2) is 31.7 Å². The summed E-state index contributed by atoms with van der Waals surface area (Å²) in [4.78, 5) is 31.5. The number of aryl methyl sites for hydroxylation is 1. The molecule has 0 bridgehead atoms. The molecule has 2 heterocycles. The van der Waals surface area contributed by atoms with Crippen LogP contribution in [0.15, 0.2) is 16.0 Å². The van der Waals surface area contributed by atoms with Gasteiger partial charge in [0.2, 0.25) is 5.91 Å². The number of carbonyl (C=O) groups excluding carboxylic acids is 1. The second-order valence-corrected chi connectivity index (χ2v) is 7.00. The normalized spacial score (nSPS) is 11.9. The highest BCUT2D eigenvalue weighted by atomic mass is 32.2. The van der Waals surface area contributed by atoms with Crippen molar-refractivity contribution < 1.29 is 4.79 Å². The zero-order valence-corrected chi connectivity index (χ0v) is 13.7. The highest BCUT2D eigenvalue weighted by molar-refractivity contribution is 7.99. The van der Waals surface area contributed by atoms with Gasteiger partial charge in [-0.2, -0.15) is 0 Å². The molecule has 0 aliphatic carbocycles. The minimum Gasteiger partial charge on any atom is -0.353 e. The molecule has 2 aromatic rings. The maximum Gasteiger partial charge on any atom is 0.278 e. The highest BCUT2D eigenvalue weighted by Gasteiger charge is 2.16. The molecule has 7 heteroatoms. The Labute approximate surface area is 127 Å². The Kier molecular flexibility index (Phi) is 4.13. The topological polar surface area (TPSA) is 79.8 Å². The maximum absolute atomic E-state index is 12.2. The predicted octanol–water partition coefficient (Wildman–Crippen LogP) is 1.58. The molecule has 0 aliphatic heterocycles. The zero-order valence-electron chi connectivity index (χ0n) is 12.9. The van der Waals surface area contributed by atoms with E-state index in [9.17, 15) is 9.59 Å². The van der Waals surface area contributed by atoms with Crippen LogP contribution in [-0.2, 0) is 11.8 Å². The van der Waals surface area contributed by atoms with Crippen molar-refractivity contribution in [2.24, 2.45) is 7.05 Å². The molecule has 0 saturated carbocycles. The summed E-state index contributed by atoms with van der Waals surface area (Å²) in [6.45, 7) is 7.67. The van der Waals surface area contributed by atoms with Crippen LogP contribution < -0.4 is 10.9 Å². The summed E-state index contributed by atoms with van der Waals surface area (Å²) in [7, 11) is 1.66. The molecule has 0 radical (unpaired) electrons. The van der Waals surface area contributed by atoms with Crippen molar-refractivity contribution in [2.75, 3.05) is 5.75 Å². The van der Waals surface area contributed by atoms with Gasteiger partial charge in [-0.15, -0.1) is 0 Å². The first kappa shape index (κ1) is 15.6. The molecule has 0 aliphatic rings. The number of aromatic nitrogens is 3. The Bertz CT molecular complexity index is 740. The molecule has 2 N–H and O–H groups in total. The van der Waals surface area contributed by atoms with E-state index in [1.807, 2.05) is 33.8 Å². The molecule has 0 aromatic carbocycles. The van der Waals surface area contributed by atoms with E-state index < -0.39 is 0 Å². The maximum atomic E-state index is 12.2. The van der Waals surface area contributed by atoms with Crippen LogP contribution in [0.2, 0.25) is 0 Å². The van der Waals surface area contributed by atoms with Gasteiger partial charge in [0.25, 0.3) is 5.56 Å². The number of H-pyrrole nitrogens is 1. The lowest BCUT2D eigenvalue weighted by molar-refractivity contribution is -0.119. The molecule has 0 spiro atoms. The van der Waals surface area contributed by atoms with Crippen molar-refractivity contribution in [1.82, 2.24) is 19.9 Å².